The molecule has 1 aromatic carbocycles. The molecule has 0 fully saturated rings. The minimum Gasteiger partial charge on any atom is -0.333 e. The maximum absolute atomic E-state index is 12.0. The third-order valence-corrected chi connectivity index (χ3v) is 1.06. The van der Waals surface area contributed by atoms with Crippen LogP contribution in [0.5, 0.6) is 0 Å². The van der Waals surface area contributed by atoms with Crippen molar-refractivity contribution in [3.05, 3.63) is 35.2 Å². The van der Waals surface area contributed by atoms with Crippen molar-refractivity contribution in [2.75, 3.05) is 28.2 Å². The van der Waals surface area contributed by atoms with Crippen LogP contribution in [0, 0.1) is 29.1 Å². The lowest BCUT2D eigenvalue weighted by molar-refractivity contribution is -0.849. The fourth-order valence-corrected chi connectivity index (χ4v) is 0.544. The summed E-state index contributed by atoms with van der Waals surface area (Å²) in [5, 5.41) is 0. The molecule has 0 radical (unpaired) electrons. The van der Waals surface area contributed by atoms with Crippen LogP contribution in [0.1, 0.15) is 0 Å². The van der Waals surface area contributed by atoms with E-state index in [1.165, 1.54) is 0 Å². The minimum atomic E-state index is -2.14. The molecule has 1 aromatic rings. The molecule has 0 aliphatic carbocycles. The largest absolute Gasteiger partial charge is 0.333 e. The lowest BCUT2D eigenvalue weighted by atomic mass is 10.3. The van der Waals surface area contributed by atoms with E-state index in [-0.39, 0.29) is 6.07 Å². The van der Waals surface area contributed by atoms with Gasteiger partial charge in [-0.1, -0.05) is 0 Å². The van der Waals surface area contributed by atoms with Gasteiger partial charge in [0, 0.05) is 6.07 Å². The van der Waals surface area contributed by atoms with Crippen molar-refractivity contribution in [3.63, 3.8) is 0 Å². The van der Waals surface area contributed by atoms with E-state index >= 15 is 0 Å². The maximum Gasteiger partial charge on any atom is 0.200 e. The fraction of sp³-hybridized carbons (Fsp3) is 0.400. The van der Waals surface area contributed by atoms with Crippen molar-refractivity contribution in [2.24, 2.45) is 0 Å². The Morgan fingerprint density at radius 1 is 0.688 bits per heavy atom. The Labute approximate surface area is 90.7 Å². The van der Waals surface area contributed by atoms with Gasteiger partial charge in [0.15, 0.2) is 23.3 Å². The molecule has 0 unspecified atom stereocenters. The number of hydrogen-bond donors (Lipinski definition) is 0. The summed E-state index contributed by atoms with van der Waals surface area (Å²) in [6, 6.07) is -0.0618. The molecule has 0 saturated carbocycles. The monoisotopic (exact) mass is 242 g/mol. The second-order valence-electron chi connectivity index (χ2n) is 4.47. The van der Waals surface area contributed by atoms with E-state index in [0.29, 0.717) is 0 Å². The van der Waals surface area contributed by atoms with Gasteiger partial charge in [-0.2, -0.15) is 0 Å². The van der Waals surface area contributed by atoms with Crippen molar-refractivity contribution in [3.8, 4) is 0 Å². The predicted molar refractivity (Wildman–Crippen MR) is 50.2 cm³/mol. The number of quaternary nitrogens is 1. The summed E-state index contributed by atoms with van der Waals surface area (Å²) in [5.74, 6) is -9.65. The van der Waals surface area contributed by atoms with Crippen molar-refractivity contribution in [1.82, 2.24) is 0 Å². The summed E-state index contributed by atoms with van der Waals surface area (Å²) in [6.45, 7) is 0. The van der Waals surface area contributed by atoms with Crippen molar-refractivity contribution < 1.29 is 26.4 Å². The average Bonchev–Trinajstić information content (AvgIpc) is 2.09. The lowest BCUT2D eigenvalue weighted by Crippen LogP contribution is -2.27. The molecule has 0 heterocycles. The van der Waals surface area contributed by atoms with E-state index in [0.717, 1.165) is 4.48 Å². The zero-order chi connectivity index (χ0) is 13.1. The second-order valence-corrected chi connectivity index (χ2v) is 4.47. The molecular weight excluding hydrogens is 229 g/mol. The number of hydrogen-bond acceptors (Lipinski definition) is 0. The van der Waals surface area contributed by atoms with Crippen LogP contribution in [0.15, 0.2) is 6.07 Å². The van der Waals surface area contributed by atoms with Gasteiger partial charge < -0.3 is 4.48 Å². The van der Waals surface area contributed by atoms with Gasteiger partial charge in [0.25, 0.3) is 0 Å². The van der Waals surface area contributed by atoms with Gasteiger partial charge in [-0.05, 0) is 0 Å². The molecule has 0 aliphatic rings. The summed E-state index contributed by atoms with van der Waals surface area (Å²) in [7, 11) is 8.50. The summed E-state index contributed by atoms with van der Waals surface area (Å²) in [4.78, 5) is 0. The minimum absolute atomic E-state index is 0.0618. The normalized spacial score (nSPS) is 10.8. The van der Waals surface area contributed by atoms with E-state index in [9.17, 15) is 22.0 Å². The molecule has 0 amide bonds. The SMILES string of the molecule is C[N+](C)(C)C.Fc1cc(F)c(F)c(F)c1F. The average molecular weight is 242 g/mol. The Morgan fingerprint density at radius 3 is 1.19 bits per heavy atom. The summed E-state index contributed by atoms with van der Waals surface area (Å²) in [5.41, 5.74) is 0. The third-order valence-electron chi connectivity index (χ3n) is 1.06. The Morgan fingerprint density at radius 2 is 0.938 bits per heavy atom. The van der Waals surface area contributed by atoms with Gasteiger partial charge in [-0.25, -0.2) is 22.0 Å². The first kappa shape index (κ1) is 14.8. The molecule has 0 bridgehead atoms. The molecule has 0 atom stereocenters. The van der Waals surface area contributed by atoms with Crippen LogP contribution in [0.3, 0.4) is 0 Å². The van der Waals surface area contributed by atoms with E-state index < -0.39 is 29.1 Å². The number of rotatable bonds is 0. The Hall–Kier alpha value is -1.17. The van der Waals surface area contributed by atoms with Crippen LogP contribution in [0.2, 0.25) is 0 Å². The molecule has 1 rings (SSSR count). The topological polar surface area (TPSA) is 0 Å². The number of benzene rings is 1. The van der Waals surface area contributed by atoms with E-state index in [2.05, 4.69) is 28.2 Å². The Balaban J connectivity index is 0.000000385. The quantitative estimate of drug-likeness (QED) is 0.284. The van der Waals surface area contributed by atoms with Crippen molar-refractivity contribution >= 4 is 0 Å². The fourth-order valence-electron chi connectivity index (χ4n) is 0.544. The second kappa shape index (κ2) is 5.25. The van der Waals surface area contributed by atoms with Gasteiger partial charge in [0.2, 0.25) is 5.82 Å². The van der Waals surface area contributed by atoms with Gasteiger partial charge in [0.05, 0.1) is 28.2 Å². The van der Waals surface area contributed by atoms with Crippen LogP contribution in [0.4, 0.5) is 22.0 Å². The molecule has 0 aromatic heterocycles. The molecule has 0 spiro atoms. The van der Waals surface area contributed by atoms with Crippen molar-refractivity contribution in [1.29, 1.82) is 0 Å². The molecule has 1 nitrogen and oxygen atoms in total. The highest BCUT2D eigenvalue weighted by Crippen LogP contribution is 2.16. The molecule has 16 heavy (non-hydrogen) atoms. The Kier molecular flexibility index (Phi) is 4.86. The molecular formula is C10H13F5N+. The molecule has 6 heteroatoms. The zero-order valence-electron chi connectivity index (χ0n) is 9.41. The Bertz CT molecular complexity index is 338. The summed E-state index contributed by atoms with van der Waals surface area (Å²) >= 11 is 0. The van der Waals surface area contributed by atoms with Crippen LogP contribution in [-0.4, -0.2) is 32.7 Å². The van der Waals surface area contributed by atoms with Gasteiger partial charge >= 0.3 is 0 Å². The summed E-state index contributed by atoms with van der Waals surface area (Å²) < 4.78 is 61.0. The van der Waals surface area contributed by atoms with Crippen LogP contribution in [0.25, 0.3) is 0 Å². The highest BCUT2D eigenvalue weighted by atomic mass is 19.2. The molecule has 0 aliphatic heterocycles. The van der Waals surface area contributed by atoms with Crippen molar-refractivity contribution in [2.45, 2.75) is 0 Å². The first-order valence-electron chi connectivity index (χ1n) is 4.31. The summed E-state index contributed by atoms with van der Waals surface area (Å²) in [6.07, 6.45) is 0. The first-order valence-corrected chi connectivity index (χ1v) is 4.31. The zero-order valence-corrected chi connectivity index (χ0v) is 9.41. The standard InChI is InChI=1S/C6HF5.C4H12N/c7-2-1-3(8)5(10)6(11)4(2)9;1-5(2,3)4/h1H;1-4H3/q;+1. The lowest BCUT2D eigenvalue weighted by Gasteiger charge is -2.14. The van der Waals surface area contributed by atoms with Gasteiger partial charge in [0.1, 0.15) is 0 Å². The van der Waals surface area contributed by atoms with E-state index in [1.807, 2.05) is 0 Å². The highest BCUT2D eigenvalue weighted by molar-refractivity contribution is 5.12. The predicted octanol–water partition coefficient (Wildman–Crippen LogP) is 2.70. The van der Waals surface area contributed by atoms with Crippen LogP contribution < -0.4 is 0 Å². The smallest absolute Gasteiger partial charge is 0.200 e. The molecule has 0 N–H and O–H groups in total. The van der Waals surface area contributed by atoms with E-state index in [4.69, 9.17) is 0 Å². The van der Waals surface area contributed by atoms with Crippen LogP contribution >= 0.6 is 0 Å². The van der Waals surface area contributed by atoms with E-state index in [1.54, 1.807) is 0 Å². The van der Waals surface area contributed by atoms with Crippen LogP contribution in [-0.2, 0) is 0 Å². The van der Waals surface area contributed by atoms with Gasteiger partial charge in [-0.3, -0.25) is 0 Å². The molecule has 92 valence electrons. The first-order chi connectivity index (χ1) is 7.04. The maximum atomic E-state index is 12.0. The van der Waals surface area contributed by atoms with Gasteiger partial charge in [-0.15, -0.1) is 0 Å². The highest BCUT2D eigenvalue weighted by Gasteiger charge is 2.18. The third kappa shape index (κ3) is 5.06. The number of halogens is 5. The molecule has 0 saturated heterocycles. The number of nitrogens with zero attached hydrogens (tertiary/aromatic N) is 1.